The van der Waals surface area contributed by atoms with Crippen molar-refractivity contribution in [3.8, 4) is 16.9 Å². The smallest absolute Gasteiger partial charge is 0.316 e. The summed E-state index contributed by atoms with van der Waals surface area (Å²) in [5.41, 5.74) is 2.70. The van der Waals surface area contributed by atoms with E-state index >= 15 is 4.39 Å². The highest BCUT2D eigenvalue weighted by Gasteiger charge is 2.44. The van der Waals surface area contributed by atoms with Crippen LogP contribution in [0.4, 0.5) is 10.1 Å². The van der Waals surface area contributed by atoms with Gasteiger partial charge in [0.25, 0.3) is 0 Å². The summed E-state index contributed by atoms with van der Waals surface area (Å²) in [6.45, 7) is 2.45. The minimum atomic E-state index is -1.19. The van der Waals surface area contributed by atoms with E-state index in [4.69, 9.17) is 4.74 Å². The fraction of sp³-hybridized carbons (Fsp3) is 0.429. The summed E-state index contributed by atoms with van der Waals surface area (Å²) in [5, 5.41) is 12.8. The number of hydrogen-bond donors (Lipinski definition) is 2. The van der Waals surface area contributed by atoms with Gasteiger partial charge in [0.2, 0.25) is 0 Å². The van der Waals surface area contributed by atoms with Gasteiger partial charge < -0.3 is 24.6 Å². The lowest BCUT2D eigenvalue weighted by Crippen LogP contribution is -2.44. The predicted molar refractivity (Wildman–Crippen MR) is 104 cm³/mol. The number of halogens is 1. The summed E-state index contributed by atoms with van der Waals surface area (Å²) >= 11 is 0. The van der Waals surface area contributed by atoms with Crippen molar-refractivity contribution in [2.24, 2.45) is 5.92 Å². The zero-order valence-electron chi connectivity index (χ0n) is 16.1. The van der Waals surface area contributed by atoms with Crippen LogP contribution in [0.2, 0.25) is 0 Å². The highest BCUT2D eigenvalue weighted by molar-refractivity contribution is 6.15. The molecule has 2 aromatic rings. The number of anilines is 1. The molecule has 1 saturated carbocycles. The normalized spacial score (nSPS) is 21.0. The van der Waals surface area contributed by atoms with E-state index in [2.05, 4.69) is 9.88 Å². The quantitative estimate of drug-likeness (QED) is 0.768. The molecular weight excluding hydrogens is 377 g/mol. The maximum atomic E-state index is 15.3. The van der Waals surface area contributed by atoms with Gasteiger partial charge in [-0.3, -0.25) is 9.59 Å². The Morgan fingerprint density at radius 3 is 2.79 bits per heavy atom. The third-order valence-electron chi connectivity index (χ3n) is 6.06. The number of carbonyl (C=O) groups excluding carboxylic acids is 1. The van der Waals surface area contributed by atoms with Crippen LogP contribution in [0.1, 0.15) is 28.9 Å². The van der Waals surface area contributed by atoms with Crippen LogP contribution in [-0.2, 0) is 17.9 Å². The Morgan fingerprint density at radius 2 is 2.14 bits per heavy atom. The van der Waals surface area contributed by atoms with E-state index in [9.17, 15) is 14.7 Å². The SMILES string of the molecule is COc1c(-c2cc3n(c2)CCNC3)c(F)cc2c1N(C1CC1)CC(C(=O)O)C2=O. The first-order chi connectivity index (χ1) is 14.0. The van der Waals surface area contributed by atoms with Gasteiger partial charge in [-0.25, -0.2) is 4.39 Å². The van der Waals surface area contributed by atoms with Gasteiger partial charge in [-0.05, 0) is 25.0 Å². The summed E-state index contributed by atoms with van der Waals surface area (Å²) in [6, 6.07) is 3.28. The van der Waals surface area contributed by atoms with Crippen molar-refractivity contribution in [1.82, 2.24) is 9.88 Å². The number of ketones is 1. The molecule has 0 spiro atoms. The van der Waals surface area contributed by atoms with Crippen LogP contribution < -0.4 is 15.0 Å². The Morgan fingerprint density at radius 1 is 1.34 bits per heavy atom. The van der Waals surface area contributed by atoms with E-state index in [1.54, 1.807) is 0 Å². The first-order valence-electron chi connectivity index (χ1n) is 9.84. The van der Waals surface area contributed by atoms with Crippen molar-refractivity contribution < 1.29 is 23.8 Å². The predicted octanol–water partition coefficient (Wildman–Crippen LogP) is 2.27. The molecule has 1 unspecified atom stereocenters. The number of rotatable bonds is 4. The molecule has 1 aromatic carbocycles. The van der Waals surface area contributed by atoms with E-state index < -0.39 is 23.5 Å². The number of aromatic nitrogens is 1. The van der Waals surface area contributed by atoms with Crippen molar-refractivity contribution in [3.05, 3.63) is 35.4 Å². The summed E-state index contributed by atoms with van der Waals surface area (Å²) in [7, 11) is 1.47. The molecule has 1 aliphatic carbocycles. The second kappa shape index (κ2) is 6.59. The van der Waals surface area contributed by atoms with Gasteiger partial charge in [0.05, 0.1) is 18.4 Å². The Hall–Kier alpha value is -2.87. The molecule has 0 saturated heterocycles. The minimum absolute atomic E-state index is 0.0868. The molecule has 1 aromatic heterocycles. The Kier molecular flexibility index (Phi) is 4.13. The van der Waals surface area contributed by atoms with Crippen LogP contribution >= 0.6 is 0 Å². The van der Waals surface area contributed by atoms with E-state index in [-0.39, 0.29) is 18.2 Å². The fourth-order valence-corrected chi connectivity index (χ4v) is 4.49. The molecule has 3 heterocycles. The van der Waals surface area contributed by atoms with Crippen LogP contribution in [0.15, 0.2) is 18.3 Å². The zero-order chi connectivity index (χ0) is 20.3. The molecule has 8 heteroatoms. The molecule has 7 nitrogen and oxygen atoms in total. The maximum absolute atomic E-state index is 15.3. The van der Waals surface area contributed by atoms with Crippen molar-refractivity contribution in [2.75, 3.05) is 25.1 Å². The number of nitrogens with zero attached hydrogens (tertiary/aromatic N) is 2. The highest BCUT2D eigenvalue weighted by atomic mass is 19.1. The Labute approximate surface area is 167 Å². The number of carboxylic acid groups (broad SMARTS) is 1. The van der Waals surface area contributed by atoms with Gasteiger partial charge in [-0.1, -0.05) is 0 Å². The van der Waals surface area contributed by atoms with E-state index in [0.717, 1.165) is 31.6 Å². The number of Topliss-reactive ketones (excluding diaryl/α,β-unsaturated/α-hetero) is 1. The zero-order valence-corrected chi connectivity index (χ0v) is 16.1. The molecule has 2 aliphatic heterocycles. The second-order valence-corrected chi connectivity index (χ2v) is 7.89. The number of ether oxygens (including phenoxy) is 1. The lowest BCUT2D eigenvalue weighted by molar-refractivity contribution is -0.139. The summed E-state index contributed by atoms with van der Waals surface area (Å²) < 4.78 is 23.0. The molecular formula is C21H22FN3O4. The highest BCUT2D eigenvalue weighted by Crippen LogP contribution is 2.49. The summed E-state index contributed by atoms with van der Waals surface area (Å²) in [6.07, 6.45) is 3.75. The van der Waals surface area contributed by atoms with E-state index in [1.807, 2.05) is 17.2 Å². The molecule has 0 amide bonds. The topological polar surface area (TPSA) is 83.8 Å². The Balaban J connectivity index is 1.71. The molecule has 2 N–H and O–H groups in total. The molecule has 152 valence electrons. The van der Waals surface area contributed by atoms with Gasteiger partial charge in [-0.15, -0.1) is 0 Å². The average Bonchev–Trinajstić information content (AvgIpc) is 3.45. The van der Waals surface area contributed by atoms with Crippen LogP contribution in [0.25, 0.3) is 11.1 Å². The number of carbonyl (C=O) groups is 2. The van der Waals surface area contributed by atoms with Crippen LogP contribution in [0, 0.1) is 11.7 Å². The van der Waals surface area contributed by atoms with Gasteiger partial charge in [0.1, 0.15) is 11.7 Å². The molecule has 3 aliphatic rings. The van der Waals surface area contributed by atoms with Crippen LogP contribution in [0.3, 0.4) is 0 Å². The van der Waals surface area contributed by atoms with E-state index in [1.165, 1.54) is 13.2 Å². The lowest BCUT2D eigenvalue weighted by atomic mass is 9.88. The van der Waals surface area contributed by atoms with Gasteiger partial charge in [-0.2, -0.15) is 0 Å². The molecule has 29 heavy (non-hydrogen) atoms. The van der Waals surface area contributed by atoms with Crippen molar-refractivity contribution in [2.45, 2.75) is 32.0 Å². The average molecular weight is 399 g/mol. The van der Waals surface area contributed by atoms with Gasteiger partial charge in [0.15, 0.2) is 11.5 Å². The number of hydrogen-bond acceptors (Lipinski definition) is 5. The number of methoxy groups -OCH3 is 1. The standard InChI is InChI=1S/C21H22FN3O4/c1-29-20-17(11-6-13-8-23-4-5-24(13)9-11)16(22)7-14-18(20)25(12-2-3-12)10-15(19(14)26)21(27)28/h6-7,9,12,15,23H,2-5,8,10H2,1H3,(H,27,28). The summed E-state index contributed by atoms with van der Waals surface area (Å²) in [5.74, 6) is -3.20. The number of carboxylic acids is 1. The van der Waals surface area contributed by atoms with Crippen molar-refractivity contribution in [3.63, 3.8) is 0 Å². The largest absolute Gasteiger partial charge is 0.494 e. The van der Waals surface area contributed by atoms with Gasteiger partial charge >= 0.3 is 5.97 Å². The number of nitrogens with one attached hydrogen (secondary N) is 1. The monoisotopic (exact) mass is 399 g/mol. The van der Waals surface area contributed by atoms with Crippen molar-refractivity contribution in [1.29, 1.82) is 0 Å². The maximum Gasteiger partial charge on any atom is 0.316 e. The Bertz CT molecular complexity index is 1000. The summed E-state index contributed by atoms with van der Waals surface area (Å²) in [4.78, 5) is 26.4. The number of fused-ring (bicyclic) bond motifs is 2. The molecule has 1 fully saturated rings. The van der Waals surface area contributed by atoms with E-state index in [0.29, 0.717) is 29.1 Å². The first-order valence-corrected chi connectivity index (χ1v) is 9.84. The number of benzene rings is 1. The van der Waals surface area contributed by atoms with Crippen LogP contribution in [0.5, 0.6) is 5.75 Å². The second-order valence-electron chi connectivity index (χ2n) is 7.89. The third-order valence-corrected chi connectivity index (χ3v) is 6.06. The molecule has 0 bridgehead atoms. The lowest BCUT2D eigenvalue weighted by Gasteiger charge is -2.35. The molecule has 5 rings (SSSR count). The number of aliphatic carboxylic acids is 1. The van der Waals surface area contributed by atoms with Crippen molar-refractivity contribution >= 4 is 17.4 Å². The van der Waals surface area contributed by atoms with Crippen LogP contribution in [-0.4, -0.2) is 47.7 Å². The van der Waals surface area contributed by atoms with Gasteiger partial charge in [0, 0.05) is 55.2 Å². The minimum Gasteiger partial charge on any atom is -0.494 e. The molecule has 0 radical (unpaired) electrons. The fourth-order valence-electron chi connectivity index (χ4n) is 4.49. The molecule has 1 atom stereocenters. The first kappa shape index (κ1) is 18.2. The third kappa shape index (κ3) is 2.81.